The number of esters is 1. The monoisotopic (exact) mass is 198 g/mol. The Morgan fingerprint density at radius 2 is 2.14 bits per heavy atom. The summed E-state index contributed by atoms with van der Waals surface area (Å²) in [5.41, 5.74) is 0. The predicted octanol–water partition coefficient (Wildman–Crippen LogP) is 0.292. The molecule has 1 unspecified atom stereocenters. The van der Waals surface area contributed by atoms with Crippen LogP contribution in [0, 0.1) is 0 Å². The molecule has 14 heavy (non-hydrogen) atoms. The molecule has 0 spiro atoms. The van der Waals surface area contributed by atoms with Crippen molar-refractivity contribution in [3.8, 4) is 0 Å². The first-order chi connectivity index (χ1) is 6.59. The van der Waals surface area contributed by atoms with Crippen molar-refractivity contribution in [3.05, 3.63) is 12.2 Å². The molecule has 0 amide bonds. The zero-order valence-electron chi connectivity index (χ0n) is 7.43. The number of rotatable bonds is 3. The maximum Gasteiger partial charge on any atom is 0.331 e. The van der Waals surface area contributed by atoms with Crippen LogP contribution in [0.4, 0.5) is 0 Å². The Labute approximate surface area is 80.4 Å². The van der Waals surface area contributed by atoms with Crippen LogP contribution in [0.3, 0.4) is 0 Å². The zero-order valence-corrected chi connectivity index (χ0v) is 7.43. The van der Waals surface area contributed by atoms with Crippen molar-refractivity contribution in [1.29, 1.82) is 0 Å². The van der Waals surface area contributed by atoms with E-state index in [-0.39, 0.29) is 5.78 Å². The minimum absolute atomic E-state index is 0.0953. The van der Waals surface area contributed by atoms with Crippen molar-refractivity contribution < 1.29 is 24.2 Å². The predicted molar refractivity (Wildman–Crippen MR) is 45.5 cm³/mol. The molecule has 0 aromatic carbocycles. The number of carboxylic acids is 1. The van der Waals surface area contributed by atoms with Crippen LogP contribution < -0.4 is 0 Å². The molecule has 0 heterocycles. The summed E-state index contributed by atoms with van der Waals surface area (Å²) < 4.78 is 4.74. The Morgan fingerprint density at radius 1 is 1.43 bits per heavy atom. The molecule has 76 valence electrons. The third-order valence-electron chi connectivity index (χ3n) is 1.87. The lowest BCUT2D eigenvalue weighted by Crippen LogP contribution is -2.20. The van der Waals surface area contributed by atoms with Crippen molar-refractivity contribution >= 4 is 17.7 Å². The lowest BCUT2D eigenvalue weighted by atomic mass is 10.3. The van der Waals surface area contributed by atoms with Crippen LogP contribution in [-0.2, 0) is 19.1 Å². The number of carbonyl (C=O) groups excluding carboxylic acids is 2. The second kappa shape index (κ2) is 4.55. The van der Waals surface area contributed by atoms with Crippen LogP contribution in [0.5, 0.6) is 0 Å². The minimum atomic E-state index is -1.22. The maximum absolute atomic E-state index is 11.0. The Kier molecular flexibility index (Phi) is 3.39. The molecule has 0 aromatic rings. The van der Waals surface area contributed by atoms with E-state index in [1.807, 2.05) is 0 Å². The van der Waals surface area contributed by atoms with Gasteiger partial charge >= 0.3 is 11.9 Å². The van der Waals surface area contributed by atoms with Gasteiger partial charge in [0.2, 0.25) is 0 Å². The van der Waals surface area contributed by atoms with Gasteiger partial charge in [0.05, 0.1) is 0 Å². The van der Waals surface area contributed by atoms with Crippen LogP contribution >= 0.6 is 0 Å². The van der Waals surface area contributed by atoms with Crippen molar-refractivity contribution in [1.82, 2.24) is 0 Å². The number of hydrogen-bond donors (Lipinski definition) is 1. The lowest BCUT2D eigenvalue weighted by molar-refractivity contribution is -0.148. The van der Waals surface area contributed by atoms with Gasteiger partial charge in [-0.3, -0.25) is 4.79 Å². The summed E-state index contributed by atoms with van der Waals surface area (Å²) in [6, 6.07) is 0. The Morgan fingerprint density at radius 3 is 2.64 bits per heavy atom. The first-order valence-electron chi connectivity index (χ1n) is 4.24. The van der Waals surface area contributed by atoms with Crippen LogP contribution in [0.15, 0.2) is 12.2 Å². The number of carboxylic acid groups (broad SMARTS) is 1. The van der Waals surface area contributed by atoms with Crippen molar-refractivity contribution in [2.45, 2.75) is 25.4 Å². The summed E-state index contributed by atoms with van der Waals surface area (Å²) in [7, 11) is 0. The van der Waals surface area contributed by atoms with Gasteiger partial charge in [0.1, 0.15) is 0 Å². The molecule has 1 rings (SSSR count). The van der Waals surface area contributed by atoms with Crippen LogP contribution in [0.25, 0.3) is 0 Å². The molecule has 0 aromatic heterocycles. The SMILES string of the molecule is O=C(O)/C=C/C(=O)OC1CCCC1=O. The van der Waals surface area contributed by atoms with Crippen molar-refractivity contribution in [2.75, 3.05) is 0 Å². The molecule has 0 bridgehead atoms. The van der Waals surface area contributed by atoms with E-state index < -0.39 is 18.0 Å². The summed E-state index contributed by atoms with van der Waals surface area (Å²) in [5, 5.41) is 8.21. The standard InChI is InChI=1S/C9H10O5/c10-6-2-1-3-7(6)14-9(13)5-4-8(11)12/h4-5,7H,1-3H2,(H,11,12)/b5-4+. The van der Waals surface area contributed by atoms with E-state index in [1.54, 1.807) is 0 Å². The van der Waals surface area contributed by atoms with Crippen LogP contribution in [0.2, 0.25) is 0 Å². The third-order valence-corrected chi connectivity index (χ3v) is 1.87. The zero-order chi connectivity index (χ0) is 10.6. The first-order valence-corrected chi connectivity index (χ1v) is 4.24. The van der Waals surface area contributed by atoms with Gasteiger partial charge in [0, 0.05) is 18.6 Å². The fourth-order valence-electron chi connectivity index (χ4n) is 1.23. The van der Waals surface area contributed by atoms with Gasteiger partial charge in [-0.15, -0.1) is 0 Å². The van der Waals surface area contributed by atoms with Crippen molar-refractivity contribution in [2.24, 2.45) is 0 Å². The van der Waals surface area contributed by atoms with Gasteiger partial charge in [-0.05, 0) is 12.8 Å². The van der Waals surface area contributed by atoms with E-state index in [9.17, 15) is 14.4 Å². The maximum atomic E-state index is 11.0. The molecule has 1 aliphatic rings. The Hall–Kier alpha value is -1.65. The Bertz CT molecular complexity index is 292. The summed E-state index contributed by atoms with van der Waals surface area (Å²) in [6.07, 6.45) is 2.49. The summed E-state index contributed by atoms with van der Waals surface area (Å²) in [6.45, 7) is 0. The summed E-state index contributed by atoms with van der Waals surface area (Å²) in [5.74, 6) is -2.10. The molecule has 1 saturated carbocycles. The number of carbonyl (C=O) groups is 3. The number of Topliss-reactive ketones (excluding diaryl/α,β-unsaturated/α-hetero) is 1. The lowest BCUT2D eigenvalue weighted by Gasteiger charge is -2.06. The van der Waals surface area contributed by atoms with Crippen molar-refractivity contribution in [3.63, 3.8) is 0 Å². The number of aliphatic carboxylic acids is 1. The number of hydrogen-bond acceptors (Lipinski definition) is 4. The topological polar surface area (TPSA) is 80.7 Å². The fraction of sp³-hybridized carbons (Fsp3) is 0.444. The highest BCUT2D eigenvalue weighted by molar-refractivity contribution is 5.93. The molecule has 5 heteroatoms. The molecule has 1 N–H and O–H groups in total. The average Bonchev–Trinajstić information content (AvgIpc) is 2.49. The summed E-state index contributed by atoms with van der Waals surface area (Å²) >= 11 is 0. The normalized spacial score (nSPS) is 21.4. The second-order valence-corrected chi connectivity index (χ2v) is 2.96. The quantitative estimate of drug-likeness (QED) is 0.520. The molecular formula is C9H10O5. The molecular weight excluding hydrogens is 188 g/mol. The molecule has 0 saturated heterocycles. The minimum Gasteiger partial charge on any atom is -0.478 e. The van der Waals surface area contributed by atoms with E-state index in [0.717, 1.165) is 12.5 Å². The van der Waals surface area contributed by atoms with E-state index >= 15 is 0 Å². The highest BCUT2D eigenvalue weighted by Crippen LogP contribution is 2.17. The fourth-order valence-corrected chi connectivity index (χ4v) is 1.23. The summed E-state index contributed by atoms with van der Waals surface area (Å²) in [4.78, 5) is 32.0. The van der Waals surface area contributed by atoms with Gasteiger partial charge in [-0.2, -0.15) is 0 Å². The van der Waals surface area contributed by atoms with E-state index in [0.29, 0.717) is 18.9 Å². The molecule has 1 fully saturated rings. The van der Waals surface area contributed by atoms with Gasteiger partial charge < -0.3 is 9.84 Å². The smallest absolute Gasteiger partial charge is 0.331 e. The van der Waals surface area contributed by atoms with Gasteiger partial charge in [0.15, 0.2) is 11.9 Å². The van der Waals surface area contributed by atoms with Crippen LogP contribution in [0.1, 0.15) is 19.3 Å². The molecule has 1 aliphatic carbocycles. The molecule has 5 nitrogen and oxygen atoms in total. The highest BCUT2D eigenvalue weighted by Gasteiger charge is 2.27. The first kappa shape index (κ1) is 10.4. The third kappa shape index (κ3) is 3.01. The van der Waals surface area contributed by atoms with Gasteiger partial charge in [0.25, 0.3) is 0 Å². The highest BCUT2D eigenvalue weighted by atomic mass is 16.5. The van der Waals surface area contributed by atoms with E-state index in [2.05, 4.69) is 0 Å². The van der Waals surface area contributed by atoms with Gasteiger partial charge in [-0.25, -0.2) is 9.59 Å². The molecule has 0 aliphatic heterocycles. The Balaban J connectivity index is 2.40. The molecule has 0 radical (unpaired) electrons. The largest absolute Gasteiger partial charge is 0.478 e. The van der Waals surface area contributed by atoms with Crippen LogP contribution in [-0.4, -0.2) is 28.9 Å². The number of ether oxygens (including phenoxy) is 1. The van der Waals surface area contributed by atoms with E-state index in [1.165, 1.54) is 0 Å². The second-order valence-electron chi connectivity index (χ2n) is 2.96. The average molecular weight is 198 g/mol. The molecule has 1 atom stereocenters. The van der Waals surface area contributed by atoms with Gasteiger partial charge in [-0.1, -0.05) is 0 Å². The van der Waals surface area contributed by atoms with E-state index in [4.69, 9.17) is 9.84 Å². The number of ketones is 1.